The molecule has 1 aliphatic rings. The molecule has 0 saturated carbocycles. The third-order valence-corrected chi connectivity index (χ3v) is 2.41. The fourth-order valence-corrected chi connectivity index (χ4v) is 1.61. The molecule has 0 bridgehead atoms. The predicted molar refractivity (Wildman–Crippen MR) is 41.1 cm³/mol. The number of hydrogen-bond acceptors (Lipinski definition) is 4. The van der Waals surface area contributed by atoms with Gasteiger partial charge in [0.25, 0.3) is 0 Å². The Balaban J connectivity index is 3.52. The fraction of sp³-hybridized carbons (Fsp3) is 0.750. The molecule has 0 atom stereocenters. The zero-order valence-corrected chi connectivity index (χ0v) is 8.90. The molecule has 0 aromatic carbocycles. The number of alkyl halides is 6. The highest BCUT2D eigenvalue weighted by molar-refractivity contribution is 6.30. The molecule has 1 saturated heterocycles. The number of carbonyl (C=O) groups is 2. The van der Waals surface area contributed by atoms with Crippen LogP contribution in [-0.4, -0.2) is 35.5 Å². The van der Waals surface area contributed by atoms with Gasteiger partial charge < -0.3 is 9.47 Å². The van der Waals surface area contributed by atoms with Crippen LogP contribution in [0.3, 0.4) is 0 Å². The summed E-state index contributed by atoms with van der Waals surface area (Å²) in [6, 6.07) is 0. The van der Waals surface area contributed by atoms with Crippen LogP contribution >= 0.6 is 0 Å². The standard InChI is InChI=1S/C8H6F6O4/c1-5(2)6(7(9,10)11,8(12,13)14)18-4(16)3(15)17-5/h1-2H3. The summed E-state index contributed by atoms with van der Waals surface area (Å²) >= 11 is 0. The average molecular weight is 280 g/mol. The van der Waals surface area contributed by atoms with E-state index in [0.29, 0.717) is 13.8 Å². The molecule has 0 N–H and O–H groups in total. The van der Waals surface area contributed by atoms with Crippen LogP contribution in [0, 0.1) is 0 Å². The second-order valence-corrected chi connectivity index (χ2v) is 3.97. The van der Waals surface area contributed by atoms with E-state index < -0.39 is 35.5 Å². The molecule has 0 aliphatic carbocycles. The molecule has 1 heterocycles. The molecule has 18 heavy (non-hydrogen) atoms. The first-order valence-electron chi connectivity index (χ1n) is 4.36. The first kappa shape index (κ1) is 14.6. The Labute approximate surface area is 95.8 Å². The molecule has 4 nitrogen and oxygen atoms in total. The van der Waals surface area contributed by atoms with E-state index in [9.17, 15) is 35.9 Å². The molecule has 1 rings (SSSR count). The number of cyclic esters (lactones) is 2. The molecule has 0 unspecified atom stereocenters. The quantitative estimate of drug-likeness (QED) is 0.385. The van der Waals surface area contributed by atoms with Crippen LogP contribution in [-0.2, 0) is 19.1 Å². The first-order chi connectivity index (χ1) is 7.76. The van der Waals surface area contributed by atoms with Crippen molar-refractivity contribution in [2.24, 2.45) is 0 Å². The maximum absolute atomic E-state index is 12.7. The summed E-state index contributed by atoms with van der Waals surface area (Å²) in [4.78, 5) is 21.4. The SMILES string of the molecule is CC1(C)OC(=O)C(=O)OC1(C(F)(F)F)C(F)(F)F. The lowest BCUT2D eigenvalue weighted by Gasteiger charge is -2.47. The van der Waals surface area contributed by atoms with Crippen LogP contribution < -0.4 is 0 Å². The van der Waals surface area contributed by atoms with Gasteiger partial charge in [-0.05, 0) is 13.8 Å². The van der Waals surface area contributed by atoms with Crippen molar-refractivity contribution >= 4 is 11.9 Å². The predicted octanol–water partition coefficient (Wildman–Crippen LogP) is 1.73. The highest BCUT2D eigenvalue weighted by Gasteiger charge is 2.84. The van der Waals surface area contributed by atoms with E-state index in [1.165, 1.54) is 0 Å². The molecular weight excluding hydrogens is 274 g/mol. The molecule has 0 aromatic heterocycles. The van der Waals surface area contributed by atoms with Gasteiger partial charge >= 0.3 is 29.9 Å². The Morgan fingerprint density at radius 2 is 1.17 bits per heavy atom. The number of rotatable bonds is 0. The number of halogens is 6. The second kappa shape index (κ2) is 3.51. The Morgan fingerprint density at radius 1 is 0.833 bits per heavy atom. The minimum absolute atomic E-state index is 0.359. The third kappa shape index (κ3) is 1.70. The summed E-state index contributed by atoms with van der Waals surface area (Å²) in [7, 11) is 0. The van der Waals surface area contributed by atoms with Crippen molar-refractivity contribution in [3.05, 3.63) is 0 Å². The van der Waals surface area contributed by atoms with Crippen LogP contribution in [0.1, 0.15) is 13.8 Å². The lowest BCUT2D eigenvalue weighted by atomic mass is 9.82. The van der Waals surface area contributed by atoms with Crippen LogP contribution in [0.4, 0.5) is 26.3 Å². The smallest absolute Gasteiger partial charge is 0.441 e. The van der Waals surface area contributed by atoms with E-state index in [2.05, 4.69) is 9.47 Å². The van der Waals surface area contributed by atoms with Crippen molar-refractivity contribution in [1.29, 1.82) is 0 Å². The maximum Gasteiger partial charge on any atom is 0.441 e. The minimum Gasteiger partial charge on any atom is -0.446 e. The van der Waals surface area contributed by atoms with Crippen molar-refractivity contribution in [3.63, 3.8) is 0 Å². The third-order valence-electron chi connectivity index (χ3n) is 2.41. The topological polar surface area (TPSA) is 52.6 Å². The number of esters is 2. The van der Waals surface area contributed by atoms with Gasteiger partial charge in [0, 0.05) is 0 Å². The van der Waals surface area contributed by atoms with Gasteiger partial charge in [0.2, 0.25) is 0 Å². The lowest BCUT2D eigenvalue weighted by molar-refractivity contribution is -0.414. The lowest BCUT2D eigenvalue weighted by Crippen LogP contribution is -2.74. The van der Waals surface area contributed by atoms with Crippen LogP contribution in [0.2, 0.25) is 0 Å². The molecule has 104 valence electrons. The normalized spacial score (nSPS) is 23.3. The molecule has 0 spiro atoms. The fourth-order valence-electron chi connectivity index (χ4n) is 1.61. The molecule has 0 aromatic rings. The number of carbonyl (C=O) groups excluding carboxylic acids is 2. The Morgan fingerprint density at radius 3 is 1.50 bits per heavy atom. The van der Waals surface area contributed by atoms with Crippen molar-refractivity contribution in [3.8, 4) is 0 Å². The molecule has 1 fully saturated rings. The summed E-state index contributed by atoms with van der Waals surface area (Å²) in [6.45, 7) is 0.719. The monoisotopic (exact) mass is 280 g/mol. The van der Waals surface area contributed by atoms with Gasteiger partial charge in [0.1, 0.15) is 0 Å². The van der Waals surface area contributed by atoms with Crippen LogP contribution in [0.25, 0.3) is 0 Å². The van der Waals surface area contributed by atoms with Crippen molar-refractivity contribution in [1.82, 2.24) is 0 Å². The molecule has 10 heteroatoms. The van der Waals surface area contributed by atoms with E-state index in [1.54, 1.807) is 0 Å². The van der Waals surface area contributed by atoms with E-state index >= 15 is 0 Å². The largest absolute Gasteiger partial charge is 0.446 e. The van der Waals surface area contributed by atoms with Gasteiger partial charge in [-0.2, -0.15) is 26.3 Å². The van der Waals surface area contributed by atoms with Gasteiger partial charge in [-0.25, -0.2) is 9.59 Å². The first-order valence-corrected chi connectivity index (χ1v) is 4.36. The molecular formula is C8H6F6O4. The average Bonchev–Trinajstić information content (AvgIpc) is 2.05. The Kier molecular flexibility index (Phi) is 2.85. The van der Waals surface area contributed by atoms with Crippen molar-refractivity contribution < 1.29 is 45.4 Å². The van der Waals surface area contributed by atoms with Crippen molar-refractivity contribution in [2.75, 3.05) is 0 Å². The van der Waals surface area contributed by atoms with Crippen molar-refractivity contribution in [2.45, 2.75) is 37.4 Å². The van der Waals surface area contributed by atoms with Gasteiger partial charge in [-0.3, -0.25) is 0 Å². The van der Waals surface area contributed by atoms with Gasteiger partial charge in [-0.1, -0.05) is 0 Å². The van der Waals surface area contributed by atoms with Gasteiger partial charge in [0.15, 0.2) is 5.60 Å². The van der Waals surface area contributed by atoms with E-state index in [0.717, 1.165) is 0 Å². The zero-order valence-electron chi connectivity index (χ0n) is 8.90. The Bertz CT molecular complexity index is 379. The number of ether oxygens (including phenoxy) is 2. The minimum atomic E-state index is -5.99. The van der Waals surface area contributed by atoms with Crippen LogP contribution in [0.5, 0.6) is 0 Å². The number of hydrogen-bond donors (Lipinski definition) is 0. The summed E-state index contributed by atoms with van der Waals surface area (Å²) in [5, 5.41) is 0. The summed E-state index contributed by atoms with van der Waals surface area (Å²) in [5.74, 6) is -4.26. The van der Waals surface area contributed by atoms with E-state index in [-0.39, 0.29) is 0 Å². The molecule has 0 amide bonds. The van der Waals surface area contributed by atoms with E-state index in [1.807, 2.05) is 0 Å². The van der Waals surface area contributed by atoms with Crippen LogP contribution in [0.15, 0.2) is 0 Å². The summed E-state index contributed by atoms with van der Waals surface area (Å²) in [5.41, 5.74) is -8.02. The zero-order chi connectivity index (χ0) is 14.6. The summed E-state index contributed by atoms with van der Waals surface area (Å²) < 4.78 is 83.5. The van der Waals surface area contributed by atoms with Gasteiger partial charge in [-0.15, -0.1) is 0 Å². The van der Waals surface area contributed by atoms with Gasteiger partial charge in [0.05, 0.1) is 0 Å². The molecule has 1 aliphatic heterocycles. The summed E-state index contributed by atoms with van der Waals surface area (Å²) in [6.07, 6.45) is -12.0. The Hall–Kier alpha value is -1.48. The second-order valence-electron chi connectivity index (χ2n) is 3.97. The highest BCUT2D eigenvalue weighted by atomic mass is 19.4. The molecule has 0 radical (unpaired) electrons. The highest BCUT2D eigenvalue weighted by Crippen LogP contribution is 2.54. The van der Waals surface area contributed by atoms with E-state index in [4.69, 9.17) is 0 Å². The maximum atomic E-state index is 12.7.